The van der Waals surface area contributed by atoms with Crippen LogP contribution in [0.3, 0.4) is 0 Å². The van der Waals surface area contributed by atoms with Crippen molar-refractivity contribution in [3.8, 4) is 10.7 Å². The van der Waals surface area contributed by atoms with E-state index in [1.54, 1.807) is 11.3 Å². The molecule has 0 amide bonds. The fourth-order valence-corrected chi connectivity index (χ4v) is 5.51. The first-order valence-electron chi connectivity index (χ1n) is 9.05. The van der Waals surface area contributed by atoms with Gasteiger partial charge in [-0.15, -0.1) is 11.3 Å². The van der Waals surface area contributed by atoms with Crippen molar-refractivity contribution >= 4 is 22.9 Å². The van der Waals surface area contributed by atoms with Gasteiger partial charge in [-0.2, -0.15) is 4.98 Å². The third kappa shape index (κ3) is 2.70. The topological polar surface area (TPSA) is 42.2 Å². The van der Waals surface area contributed by atoms with Gasteiger partial charge in [0.05, 0.1) is 10.8 Å². The van der Waals surface area contributed by atoms with Crippen molar-refractivity contribution in [2.75, 3.05) is 7.05 Å². The Hall–Kier alpha value is -1.69. The molecule has 2 bridgehead atoms. The number of hydrogen-bond acceptors (Lipinski definition) is 5. The van der Waals surface area contributed by atoms with Crippen LogP contribution in [0.5, 0.6) is 0 Å². The summed E-state index contributed by atoms with van der Waals surface area (Å²) in [6, 6.07) is 13.4. The molecule has 2 aromatic heterocycles. The lowest BCUT2D eigenvalue weighted by Crippen LogP contribution is -2.44. The Morgan fingerprint density at radius 1 is 1.19 bits per heavy atom. The Labute approximate surface area is 161 Å². The number of hydrogen-bond donors (Lipinski definition) is 0. The summed E-state index contributed by atoms with van der Waals surface area (Å²) in [7, 11) is 2.24. The molecule has 0 aliphatic carbocycles. The first-order chi connectivity index (χ1) is 12.7. The third-order valence-electron chi connectivity index (χ3n) is 6.04. The van der Waals surface area contributed by atoms with Crippen molar-refractivity contribution < 1.29 is 4.52 Å². The summed E-state index contributed by atoms with van der Waals surface area (Å²) in [6.07, 6.45) is 3.55. The second-order valence-electron chi connectivity index (χ2n) is 7.32. The molecule has 2 aliphatic heterocycles. The van der Waals surface area contributed by atoms with Crippen LogP contribution in [0.4, 0.5) is 0 Å². The van der Waals surface area contributed by atoms with Crippen LogP contribution in [0.1, 0.15) is 42.6 Å². The zero-order valence-electron chi connectivity index (χ0n) is 14.5. The van der Waals surface area contributed by atoms with Crippen LogP contribution in [0.25, 0.3) is 10.7 Å². The van der Waals surface area contributed by atoms with Crippen LogP contribution < -0.4 is 0 Å². The van der Waals surface area contributed by atoms with Crippen molar-refractivity contribution in [2.45, 2.75) is 43.2 Å². The Kier molecular flexibility index (Phi) is 4.11. The van der Waals surface area contributed by atoms with E-state index in [2.05, 4.69) is 29.2 Å². The first kappa shape index (κ1) is 16.5. The van der Waals surface area contributed by atoms with E-state index in [-0.39, 0.29) is 5.92 Å². The lowest BCUT2D eigenvalue weighted by atomic mass is 9.76. The summed E-state index contributed by atoms with van der Waals surface area (Å²) < 4.78 is 5.80. The number of thiophene rings is 1. The van der Waals surface area contributed by atoms with E-state index in [9.17, 15) is 0 Å². The third-order valence-corrected chi connectivity index (χ3v) is 7.15. The molecule has 0 N–H and O–H groups in total. The lowest BCUT2D eigenvalue weighted by molar-refractivity contribution is 0.120. The van der Waals surface area contributed by atoms with Crippen LogP contribution in [0, 0.1) is 0 Å². The highest BCUT2D eigenvalue weighted by Gasteiger charge is 2.48. The molecule has 4 heterocycles. The molecule has 26 heavy (non-hydrogen) atoms. The Morgan fingerprint density at radius 2 is 2.04 bits per heavy atom. The molecule has 0 spiro atoms. The molecule has 3 aromatic rings. The van der Waals surface area contributed by atoms with E-state index < -0.39 is 0 Å². The van der Waals surface area contributed by atoms with Gasteiger partial charge in [-0.3, -0.25) is 4.90 Å². The first-order valence-corrected chi connectivity index (χ1v) is 10.3. The van der Waals surface area contributed by atoms with Crippen LogP contribution in [-0.2, 0) is 0 Å². The van der Waals surface area contributed by atoms with Gasteiger partial charge in [0, 0.05) is 17.1 Å². The fourth-order valence-electron chi connectivity index (χ4n) is 4.73. The predicted molar refractivity (Wildman–Crippen MR) is 104 cm³/mol. The van der Waals surface area contributed by atoms with Crippen LogP contribution in [-0.4, -0.2) is 34.2 Å². The van der Waals surface area contributed by atoms with Crippen molar-refractivity contribution in [1.29, 1.82) is 0 Å². The van der Waals surface area contributed by atoms with Gasteiger partial charge >= 0.3 is 0 Å². The lowest BCUT2D eigenvalue weighted by Gasteiger charge is -2.41. The number of nitrogens with zero attached hydrogens (tertiary/aromatic N) is 3. The summed E-state index contributed by atoms with van der Waals surface area (Å²) in [5, 5.41) is 7.08. The largest absolute Gasteiger partial charge is 0.339 e. The highest BCUT2D eigenvalue weighted by atomic mass is 35.5. The van der Waals surface area contributed by atoms with E-state index in [0.29, 0.717) is 23.8 Å². The second kappa shape index (κ2) is 6.48. The van der Waals surface area contributed by atoms with Crippen LogP contribution in [0.2, 0.25) is 5.02 Å². The highest BCUT2D eigenvalue weighted by Crippen LogP contribution is 2.50. The normalized spacial score (nSPS) is 28.5. The Balaban J connectivity index is 1.55. The molecular weight excluding hydrogens is 366 g/mol. The zero-order valence-corrected chi connectivity index (χ0v) is 16.1. The summed E-state index contributed by atoms with van der Waals surface area (Å²) in [5.74, 6) is 2.08. The van der Waals surface area contributed by atoms with E-state index >= 15 is 0 Å². The van der Waals surface area contributed by atoms with E-state index in [1.807, 2.05) is 29.6 Å². The quantitative estimate of drug-likeness (QED) is 0.622. The van der Waals surface area contributed by atoms with Crippen molar-refractivity contribution in [3.05, 3.63) is 58.3 Å². The maximum Gasteiger partial charge on any atom is 0.232 e. The minimum absolute atomic E-state index is 0.223. The highest BCUT2D eigenvalue weighted by molar-refractivity contribution is 7.13. The molecule has 0 unspecified atom stereocenters. The number of benzene rings is 1. The second-order valence-corrected chi connectivity index (χ2v) is 8.70. The molecule has 2 saturated heterocycles. The molecule has 0 saturated carbocycles. The number of halogens is 1. The minimum atomic E-state index is 0.223. The number of likely N-dealkylation sites (N-methyl/N-ethyl adjacent to an activating group) is 1. The predicted octanol–water partition coefficient (Wildman–Crippen LogP) is 5.19. The summed E-state index contributed by atoms with van der Waals surface area (Å²) >= 11 is 7.75. The van der Waals surface area contributed by atoms with Gasteiger partial charge < -0.3 is 4.52 Å². The van der Waals surface area contributed by atoms with Gasteiger partial charge in [-0.25, -0.2) is 0 Å². The average molecular weight is 386 g/mol. The smallest absolute Gasteiger partial charge is 0.232 e. The summed E-state index contributed by atoms with van der Waals surface area (Å²) in [6.45, 7) is 0. The van der Waals surface area contributed by atoms with Gasteiger partial charge in [-0.1, -0.05) is 35.0 Å². The maximum atomic E-state index is 6.11. The molecule has 2 aliphatic rings. The number of fused-ring (bicyclic) bond motifs is 2. The summed E-state index contributed by atoms with van der Waals surface area (Å²) in [5.41, 5.74) is 1.32. The molecule has 6 heteroatoms. The Morgan fingerprint density at radius 3 is 2.81 bits per heavy atom. The van der Waals surface area contributed by atoms with E-state index in [0.717, 1.165) is 22.2 Å². The monoisotopic (exact) mass is 385 g/mol. The average Bonchev–Trinajstić information content (AvgIpc) is 3.37. The standard InChI is InChI=1S/C20H20ClN3OS/c1-24-14-8-9-16(24)18(15(11-14)12-4-6-13(21)7-5-12)20-22-19(23-25-20)17-3-2-10-26-17/h2-7,10,14-16,18H,8-9,11H2,1H3/t14-,15+,16-,18-/m1/s1. The summed E-state index contributed by atoms with van der Waals surface area (Å²) in [4.78, 5) is 8.37. The molecule has 4 atom stereocenters. The molecule has 2 fully saturated rings. The molecule has 0 radical (unpaired) electrons. The van der Waals surface area contributed by atoms with Crippen molar-refractivity contribution in [1.82, 2.24) is 15.0 Å². The fraction of sp³-hybridized carbons (Fsp3) is 0.400. The molecule has 134 valence electrons. The molecule has 1 aromatic carbocycles. The number of aromatic nitrogens is 2. The van der Waals surface area contributed by atoms with Crippen LogP contribution in [0.15, 0.2) is 46.3 Å². The molecule has 5 rings (SSSR count). The van der Waals surface area contributed by atoms with Gasteiger partial charge in [0.1, 0.15) is 0 Å². The van der Waals surface area contributed by atoms with E-state index in [4.69, 9.17) is 21.1 Å². The van der Waals surface area contributed by atoms with Gasteiger partial charge in [0.15, 0.2) is 0 Å². The van der Waals surface area contributed by atoms with Crippen LogP contribution >= 0.6 is 22.9 Å². The SMILES string of the molecule is CN1[C@@H]2CC[C@@H]1[C@H](c1nc(-c3cccs3)no1)[C@H](c1ccc(Cl)cc1)C2. The van der Waals surface area contributed by atoms with Crippen molar-refractivity contribution in [3.63, 3.8) is 0 Å². The maximum absolute atomic E-state index is 6.11. The minimum Gasteiger partial charge on any atom is -0.339 e. The molecule has 4 nitrogen and oxygen atoms in total. The van der Waals surface area contributed by atoms with E-state index in [1.165, 1.54) is 18.4 Å². The number of piperidine rings is 1. The number of rotatable bonds is 3. The zero-order chi connectivity index (χ0) is 17.7. The van der Waals surface area contributed by atoms with Gasteiger partial charge in [0.2, 0.25) is 11.7 Å². The Bertz CT molecular complexity index is 892. The van der Waals surface area contributed by atoms with Gasteiger partial charge in [0.25, 0.3) is 0 Å². The molecular formula is C20H20ClN3OS. The van der Waals surface area contributed by atoms with Crippen molar-refractivity contribution in [2.24, 2.45) is 0 Å². The van der Waals surface area contributed by atoms with Gasteiger partial charge in [-0.05, 0) is 61.4 Å².